The maximum absolute atomic E-state index is 11.5. The summed E-state index contributed by atoms with van der Waals surface area (Å²) in [7, 11) is 0. The number of H-pyrrole nitrogens is 1. The minimum atomic E-state index is 0.502. The van der Waals surface area contributed by atoms with E-state index in [9.17, 15) is 5.21 Å². The Hall–Kier alpha value is -1.58. The van der Waals surface area contributed by atoms with Crippen molar-refractivity contribution in [1.29, 1.82) is 0 Å². The van der Waals surface area contributed by atoms with Gasteiger partial charge in [-0.25, -0.2) is 0 Å². The third-order valence-corrected chi connectivity index (χ3v) is 2.15. The molecule has 14 heavy (non-hydrogen) atoms. The van der Waals surface area contributed by atoms with E-state index in [1.165, 1.54) is 6.20 Å². The van der Waals surface area contributed by atoms with Crippen LogP contribution in [0.1, 0.15) is 19.5 Å². The van der Waals surface area contributed by atoms with Crippen LogP contribution in [0.25, 0.3) is 11.0 Å². The fraction of sp³-hybridized carbons (Fsp3) is 0.400. The third-order valence-electron chi connectivity index (χ3n) is 2.15. The molecule has 0 spiro atoms. The molecule has 74 valence electrons. The van der Waals surface area contributed by atoms with Crippen LogP contribution in [0.5, 0.6) is 0 Å². The molecule has 2 heterocycles. The first-order valence-corrected chi connectivity index (χ1v) is 4.73. The zero-order valence-electron chi connectivity index (χ0n) is 8.32. The van der Waals surface area contributed by atoms with Gasteiger partial charge in [-0.2, -0.15) is 9.83 Å². The predicted molar refractivity (Wildman–Crippen MR) is 53.6 cm³/mol. The highest BCUT2D eigenvalue weighted by atomic mass is 16.5. The number of aromatic amines is 1. The largest absolute Gasteiger partial charge is 0.618 e. The van der Waals surface area contributed by atoms with Gasteiger partial charge in [-0.1, -0.05) is 13.8 Å². The van der Waals surface area contributed by atoms with E-state index in [2.05, 4.69) is 24.0 Å². The van der Waals surface area contributed by atoms with Gasteiger partial charge < -0.3 is 5.21 Å². The van der Waals surface area contributed by atoms with Gasteiger partial charge in [0.2, 0.25) is 0 Å². The number of aromatic nitrogens is 3. The van der Waals surface area contributed by atoms with Crippen molar-refractivity contribution >= 4 is 11.0 Å². The van der Waals surface area contributed by atoms with Crippen molar-refractivity contribution in [3.8, 4) is 0 Å². The molecule has 0 radical (unpaired) electrons. The van der Waals surface area contributed by atoms with Gasteiger partial charge in [-0.05, 0) is 12.0 Å². The van der Waals surface area contributed by atoms with Gasteiger partial charge in [0, 0.05) is 12.5 Å². The molecule has 1 N–H and O–H groups in total. The Bertz CT molecular complexity index is 448. The summed E-state index contributed by atoms with van der Waals surface area (Å²) >= 11 is 0. The van der Waals surface area contributed by atoms with E-state index in [-0.39, 0.29) is 0 Å². The van der Waals surface area contributed by atoms with Crippen molar-refractivity contribution in [2.24, 2.45) is 5.92 Å². The molecule has 0 amide bonds. The summed E-state index contributed by atoms with van der Waals surface area (Å²) < 4.78 is 0.872. The smallest absolute Gasteiger partial charge is 0.265 e. The van der Waals surface area contributed by atoms with Crippen LogP contribution in [0.15, 0.2) is 18.3 Å². The summed E-state index contributed by atoms with van der Waals surface area (Å²) in [6.45, 7) is 4.22. The van der Waals surface area contributed by atoms with Crippen molar-refractivity contribution in [2.75, 3.05) is 0 Å². The quantitative estimate of drug-likeness (QED) is 0.576. The first kappa shape index (κ1) is 8.99. The normalized spacial score (nSPS) is 11.4. The topological polar surface area (TPSA) is 55.6 Å². The van der Waals surface area contributed by atoms with Crippen LogP contribution in [0.4, 0.5) is 0 Å². The second kappa shape index (κ2) is 3.29. The van der Waals surface area contributed by atoms with Crippen LogP contribution in [0.3, 0.4) is 0 Å². The van der Waals surface area contributed by atoms with Gasteiger partial charge in [0.1, 0.15) is 11.2 Å². The molecule has 0 atom stereocenters. The van der Waals surface area contributed by atoms with Crippen molar-refractivity contribution < 1.29 is 4.73 Å². The highest BCUT2D eigenvalue weighted by Crippen LogP contribution is 2.14. The summed E-state index contributed by atoms with van der Waals surface area (Å²) in [6.07, 6.45) is 2.33. The van der Waals surface area contributed by atoms with Crippen molar-refractivity contribution in [3.63, 3.8) is 0 Å². The first-order chi connectivity index (χ1) is 6.68. The average Bonchev–Trinajstić information content (AvgIpc) is 2.49. The average molecular weight is 191 g/mol. The molecule has 0 aliphatic rings. The van der Waals surface area contributed by atoms with Gasteiger partial charge in [0.05, 0.1) is 0 Å². The first-order valence-electron chi connectivity index (χ1n) is 4.73. The molecule has 0 saturated heterocycles. The monoisotopic (exact) mass is 191 g/mol. The summed E-state index contributed by atoms with van der Waals surface area (Å²) in [5.74, 6) is 0.502. The van der Waals surface area contributed by atoms with Gasteiger partial charge >= 0.3 is 0 Å². The molecule has 0 aliphatic heterocycles. The van der Waals surface area contributed by atoms with Gasteiger partial charge in [0.25, 0.3) is 5.52 Å². The van der Waals surface area contributed by atoms with Crippen LogP contribution in [-0.2, 0) is 6.42 Å². The number of hydrogen-bond donors (Lipinski definition) is 1. The maximum atomic E-state index is 11.5. The lowest BCUT2D eigenvalue weighted by atomic mass is 10.1. The molecule has 4 heteroatoms. The van der Waals surface area contributed by atoms with Gasteiger partial charge in [-0.15, -0.1) is 0 Å². The summed E-state index contributed by atoms with van der Waals surface area (Å²) in [5, 5.41) is 18.5. The minimum absolute atomic E-state index is 0.502. The summed E-state index contributed by atoms with van der Waals surface area (Å²) in [5.41, 5.74) is 2.32. The number of fused-ring (bicyclic) bond motifs is 1. The van der Waals surface area contributed by atoms with E-state index in [1.54, 1.807) is 6.07 Å². The van der Waals surface area contributed by atoms with Crippen molar-refractivity contribution in [3.05, 3.63) is 29.2 Å². The number of pyridine rings is 1. The fourth-order valence-corrected chi connectivity index (χ4v) is 1.57. The zero-order valence-corrected chi connectivity index (χ0v) is 8.32. The SMILES string of the molecule is CC(C)Cc1n[nH]c2ccc[n+]([O-])c12. The molecule has 2 rings (SSSR count). The van der Waals surface area contributed by atoms with Gasteiger partial charge in [-0.3, -0.25) is 5.10 Å². The Morgan fingerprint density at radius 3 is 3.07 bits per heavy atom. The number of rotatable bonds is 2. The number of nitrogens with zero attached hydrogens (tertiary/aromatic N) is 2. The van der Waals surface area contributed by atoms with E-state index in [1.807, 2.05) is 6.07 Å². The van der Waals surface area contributed by atoms with E-state index >= 15 is 0 Å². The Morgan fingerprint density at radius 1 is 1.57 bits per heavy atom. The molecule has 2 aromatic rings. The fourth-order valence-electron chi connectivity index (χ4n) is 1.57. The molecular formula is C10H13N3O. The van der Waals surface area contributed by atoms with E-state index in [0.29, 0.717) is 11.4 Å². The lowest BCUT2D eigenvalue weighted by Gasteiger charge is -2.01. The van der Waals surface area contributed by atoms with Crippen LogP contribution in [-0.4, -0.2) is 10.2 Å². The standard InChI is InChI=1S/C10H13N3O/c1-7(2)6-9-10-8(11-12-9)4-3-5-13(10)14/h3-5,7H,6H2,1-2H3,(H,11,12). The highest BCUT2D eigenvalue weighted by Gasteiger charge is 2.14. The molecule has 0 unspecified atom stereocenters. The molecule has 0 bridgehead atoms. The molecule has 0 aromatic carbocycles. The Balaban J connectivity index is 2.55. The van der Waals surface area contributed by atoms with E-state index < -0.39 is 0 Å². The van der Waals surface area contributed by atoms with Gasteiger partial charge in [0.15, 0.2) is 6.20 Å². The molecule has 0 saturated carbocycles. The summed E-state index contributed by atoms with van der Waals surface area (Å²) in [4.78, 5) is 0. The molecule has 4 nitrogen and oxygen atoms in total. The van der Waals surface area contributed by atoms with Crippen LogP contribution >= 0.6 is 0 Å². The highest BCUT2D eigenvalue weighted by molar-refractivity contribution is 5.73. The van der Waals surface area contributed by atoms with Crippen LogP contribution in [0, 0.1) is 11.1 Å². The Kier molecular flexibility index (Phi) is 2.11. The zero-order chi connectivity index (χ0) is 10.1. The third kappa shape index (κ3) is 1.43. The van der Waals surface area contributed by atoms with Crippen molar-refractivity contribution in [2.45, 2.75) is 20.3 Å². The molecule has 0 aliphatic carbocycles. The minimum Gasteiger partial charge on any atom is -0.618 e. The van der Waals surface area contributed by atoms with Crippen LogP contribution in [0.2, 0.25) is 0 Å². The lowest BCUT2D eigenvalue weighted by molar-refractivity contribution is -0.577. The van der Waals surface area contributed by atoms with E-state index in [4.69, 9.17) is 0 Å². The maximum Gasteiger partial charge on any atom is 0.265 e. The summed E-state index contributed by atoms with van der Waals surface area (Å²) in [6, 6.07) is 3.58. The second-order valence-electron chi connectivity index (χ2n) is 3.86. The van der Waals surface area contributed by atoms with Crippen molar-refractivity contribution in [1.82, 2.24) is 10.2 Å². The number of hydrogen-bond acceptors (Lipinski definition) is 2. The predicted octanol–water partition coefficient (Wildman–Crippen LogP) is 1.39. The Labute approximate surface area is 82.1 Å². The van der Waals surface area contributed by atoms with Crippen LogP contribution < -0.4 is 4.73 Å². The second-order valence-corrected chi connectivity index (χ2v) is 3.86. The molecular weight excluding hydrogens is 178 g/mol. The molecule has 0 fully saturated rings. The Morgan fingerprint density at radius 2 is 2.36 bits per heavy atom. The lowest BCUT2D eigenvalue weighted by Crippen LogP contribution is -2.26. The number of nitrogens with one attached hydrogen (secondary N) is 1. The van der Waals surface area contributed by atoms with E-state index in [0.717, 1.165) is 22.4 Å². The molecule has 2 aromatic heterocycles.